The highest BCUT2D eigenvalue weighted by Crippen LogP contribution is 2.15. The molecule has 0 amide bonds. The summed E-state index contributed by atoms with van der Waals surface area (Å²) in [6.45, 7) is 5.94. The van der Waals surface area contributed by atoms with Gasteiger partial charge in [-0.2, -0.15) is 0 Å². The van der Waals surface area contributed by atoms with Crippen molar-refractivity contribution in [2.75, 3.05) is 17.7 Å². The van der Waals surface area contributed by atoms with Crippen molar-refractivity contribution in [2.24, 2.45) is 0 Å². The molecule has 0 spiro atoms. The molecule has 5 nitrogen and oxygen atoms in total. The lowest BCUT2D eigenvalue weighted by atomic mass is 10.2. The summed E-state index contributed by atoms with van der Waals surface area (Å²) >= 11 is 0. The Morgan fingerprint density at radius 2 is 2.07 bits per heavy atom. The molecule has 4 N–H and O–H groups in total. The van der Waals surface area contributed by atoms with Crippen LogP contribution < -0.4 is 11.1 Å². The molecule has 15 heavy (non-hydrogen) atoms. The van der Waals surface area contributed by atoms with E-state index in [2.05, 4.69) is 15.3 Å². The molecule has 0 aliphatic heterocycles. The summed E-state index contributed by atoms with van der Waals surface area (Å²) in [5, 5.41) is 12.0. The van der Waals surface area contributed by atoms with Gasteiger partial charge in [-0.1, -0.05) is 13.8 Å². The van der Waals surface area contributed by atoms with E-state index in [-0.39, 0.29) is 18.6 Å². The number of nitrogens with zero attached hydrogens (tertiary/aromatic N) is 2. The van der Waals surface area contributed by atoms with Gasteiger partial charge in [-0.3, -0.25) is 0 Å². The van der Waals surface area contributed by atoms with Crippen molar-refractivity contribution >= 4 is 11.6 Å². The zero-order valence-electron chi connectivity index (χ0n) is 9.36. The van der Waals surface area contributed by atoms with Crippen LogP contribution in [0.5, 0.6) is 0 Å². The summed E-state index contributed by atoms with van der Waals surface area (Å²) < 4.78 is 0. The number of aliphatic hydroxyl groups is 1. The molecule has 1 aromatic rings. The van der Waals surface area contributed by atoms with Crippen LogP contribution in [-0.4, -0.2) is 27.7 Å². The fourth-order valence-electron chi connectivity index (χ4n) is 1.12. The molecule has 0 radical (unpaired) electrons. The fourth-order valence-corrected chi connectivity index (χ4v) is 1.12. The number of aromatic nitrogens is 2. The molecular weight excluding hydrogens is 192 g/mol. The molecule has 0 fully saturated rings. The Morgan fingerprint density at radius 1 is 1.40 bits per heavy atom. The standard InChI is InChI=1S/C10H18N4O/c1-6(2)10-13-8(11)4-9(14-10)12-7(3)5-15/h4,6-7,15H,5H2,1-3H3,(H3,11,12,13,14). The second-order valence-corrected chi connectivity index (χ2v) is 3.92. The largest absolute Gasteiger partial charge is 0.394 e. The first-order chi connectivity index (χ1) is 7.02. The fraction of sp³-hybridized carbons (Fsp3) is 0.600. The van der Waals surface area contributed by atoms with Crippen molar-refractivity contribution < 1.29 is 5.11 Å². The molecule has 0 aliphatic rings. The highest BCUT2D eigenvalue weighted by atomic mass is 16.3. The lowest BCUT2D eigenvalue weighted by Gasteiger charge is -2.13. The van der Waals surface area contributed by atoms with E-state index < -0.39 is 0 Å². The van der Waals surface area contributed by atoms with E-state index in [0.717, 1.165) is 0 Å². The van der Waals surface area contributed by atoms with Crippen molar-refractivity contribution in [2.45, 2.75) is 32.7 Å². The summed E-state index contributed by atoms with van der Waals surface area (Å²) in [6, 6.07) is 1.62. The molecule has 5 heteroatoms. The van der Waals surface area contributed by atoms with Crippen molar-refractivity contribution in [3.63, 3.8) is 0 Å². The zero-order valence-corrected chi connectivity index (χ0v) is 9.36. The lowest BCUT2D eigenvalue weighted by Crippen LogP contribution is -2.20. The molecule has 1 rings (SSSR count). The number of hydrogen-bond acceptors (Lipinski definition) is 5. The van der Waals surface area contributed by atoms with E-state index >= 15 is 0 Å². The quantitative estimate of drug-likeness (QED) is 0.689. The number of nitrogens with one attached hydrogen (secondary N) is 1. The molecule has 1 unspecified atom stereocenters. The molecule has 1 heterocycles. The maximum atomic E-state index is 8.91. The highest BCUT2D eigenvalue weighted by molar-refractivity contribution is 5.45. The van der Waals surface area contributed by atoms with E-state index in [4.69, 9.17) is 10.8 Å². The summed E-state index contributed by atoms with van der Waals surface area (Å²) in [5.74, 6) is 2.05. The van der Waals surface area contributed by atoms with Crippen molar-refractivity contribution in [3.05, 3.63) is 11.9 Å². The van der Waals surface area contributed by atoms with Crippen LogP contribution in [0.15, 0.2) is 6.07 Å². The zero-order chi connectivity index (χ0) is 11.4. The second kappa shape index (κ2) is 4.93. The van der Waals surface area contributed by atoms with Crippen molar-refractivity contribution in [3.8, 4) is 0 Å². The van der Waals surface area contributed by atoms with Gasteiger partial charge in [-0.15, -0.1) is 0 Å². The Labute approximate surface area is 89.7 Å². The van der Waals surface area contributed by atoms with Gasteiger partial charge in [0, 0.05) is 18.0 Å². The van der Waals surface area contributed by atoms with Crippen LogP contribution in [0.4, 0.5) is 11.6 Å². The number of hydrogen-bond donors (Lipinski definition) is 3. The van der Waals surface area contributed by atoms with Gasteiger partial charge >= 0.3 is 0 Å². The summed E-state index contributed by atoms with van der Waals surface area (Å²) in [7, 11) is 0. The molecule has 0 bridgehead atoms. The van der Waals surface area contributed by atoms with Crippen LogP contribution in [0.3, 0.4) is 0 Å². The molecular formula is C10H18N4O. The van der Waals surface area contributed by atoms with E-state index in [0.29, 0.717) is 17.5 Å². The first-order valence-electron chi connectivity index (χ1n) is 5.04. The molecule has 1 atom stereocenters. The van der Waals surface area contributed by atoms with Crippen LogP contribution >= 0.6 is 0 Å². The normalized spacial score (nSPS) is 12.9. The molecule has 0 saturated carbocycles. The Kier molecular flexibility index (Phi) is 3.85. The van der Waals surface area contributed by atoms with Crippen LogP contribution in [0.2, 0.25) is 0 Å². The van der Waals surface area contributed by atoms with Gasteiger partial charge in [0.15, 0.2) is 0 Å². The maximum Gasteiger partial charge on any atom is 0.135 e. The molecule has 0 saturated heterocycles. The maximum absolute atomic E-state index is 8.91. The smallest absolute Gasteiger partial charge is 0.135 e. The molecule has 1 aromatic heterocycles. The van der Waals surface area contributed by atoms with Gasteiger partial charge in [0.1, 0.15) is 17.5 Å². The summed E-state index contributed by atoms with van der Waals surface area (Å²) in [6.07, 6.45) is 0. The third kappa shape index (κ3) is 3.36. The minimum absolute atomic E-state index is 0.0423. The average molecular weight is 210 g/mol. The summed E-state index contributed by atoms with van der Waals surface area (Å²) in [5.41, 5.74) is 5.66. The Hall–Kier alpha value is -1.36. The number of nitrogens with two attached hydrogens (primary N) is 1. The Morgan fingerprint density at radius 3 is 2.60 bits per heavy atom. The lowest BCUT2D eigenvalue weighted by molar-refractivity contribution is 0.281. The second-order valence-electron chi connectivity index (χ2n) is 3.92. The average Bonchev–Trinajstić information content (AvgIpc) is 2.16. The Balaban J connectivity index is 2.88. The minimum atomic E-state index is -0.0423. The van der Waals surface area contributed by atoms with E-state index in [1.54, 1.807) is 6.07 Å². The predicted octanol–water partition coefficient (Wildman–Crippen LogP) is 0.975. The van der Waals surface area contributed by atoms with Crippen molar-refractivity contribution in [1.82, 2.24) is 9.97 Å². The van der Waals surface area contributed by atoms with Gasteiger partial charge in [-0.25, -0.2) is 9.97 Å². The SMILES string of the molecule is CC(CO)Nc1cc(N)nc(C(C)C)n1. The van der Waals surface area contributed by atoms with E-state index in [9.17, 15) is 0 Å². The van der Waals surface area contributed by atoms with E-state index in [1.807, 2.05) is 20.8 Å². The van der Waals surface area contributed by atoms with Crippen LogP contribution in [0, 0.1) is 0 Å². The van der Waals surface area contributed by atoms with Gasteiger partial charge in [0.2, 0.25) is 0 Å². The topological polar surface area (TPSA) is 84.1 Å². The van der Waals surface area contributed by atoms with Crippen LogP contribution in [-0.2, 0) is 0 Å². The first-order valence-corrected chi connectivity index (χ1v) is 5.04. The van der Waals surface area contributed by atoms with Crippen LogP contribution in [0.1, 0.15) is 32.5 Å². The molecule has 0 aliphatic carbocycles. The number of aliphatic hydroxyl groups excluding tert-OH is 1. The summed E-state index contributed by atoms with van der Waals surface area (Å²) in [4.78, 5) is 8.44. The monoisotopic (exact) mass is 210 g/mol. The number of nitrogen functional groups attached to an aromatic ring is 1. The van der Waals surface area contributed by atoms with E-state index in [1.165, 1.54) is 0 Å². The van der Waals surface area contributed by atoms with Gasteiger partial charge in [-0.05, 0) is 6.92 Å². The van der Waals surface area contributed by atoms with Gasteiger partial charge < -0.3 is 16.2 Å². The predicted molar refractivity (Wildman–Crippen MR) is 60.7 cm³/mol. The minimum Gasteiger partial charge on any atom is -0.394 e. The van der Waals surface area contributed by atoms with Gasteiger partial charge in [0.25, 0.3) is 0 Å². The third-order valence-corrected chi connectivity index (χ3v) is 1.95. The van der Waals surface area contributed by atoms with Crippen molar-refractivity contribution in [1.29, 1.82) is 0 Å². The van der Waals surface area contributed by atoms with Crippen LogP contribution in [0.25, 0.3) is 0 Å². The molecule has 0 aromatic carbocycles. The first kappa shape index (κ1) is 11.7. The number of rotatable bonds is 4. The Bertz CT molecular complexity index is 327. The van der Waals surface area contributed by atoms with Gasteiger partial charge in [0.05, 0.1) is 6.61 Å². The third-order valence-electron chi connectivity index (χ3n) is 1.95. The highest BCUT2D eigenvalue weighted by Gasteiger charge is 2.07. The number of anilines is 2. The molecule has 84 valence electrons.